The van der Waals surface area contributed by atoms with Crippen molar-refractivity contribution in [2.45, 2.75) is 82.8 Å². The van der Waals surface area contributed by atoms with Gasteiger partial charge in [-0.25, -0.2) is 0 Å². The van der Waals surface area contributed by atoms with Crippen LogP contribution in [0.1, 0.15) is 47.6 Å². The lowest BCUT2D eigenvalue weighted by Gasteiger charge is -2.52. The Labute approximate surface area is 326 Å². The van der Waals surface area contributed by atoms with E-state index < -0.39 is 23.9 Å². The van der Waals surface area contributed by atoms with Crippen molar-refractivity contribution in [1.82, 2.24) is 0 Å². The molecule has 0 aromatic heterocycles. The van der Waals surface area contributed by atoms with Crippen molar-refractivity contribution in [2.75, 3.05) is 27.4 Å². The highest BCUT2D eigenvalue weighted by molar-refractivity contribution is 5.28. The average Bonchev–Trinajstić information content (AvgIpc) is 3.24. The zero-order valence-corrected chi connectivity index (χ0v) is 32.2. The van der Waals surface area contributed by atoms with E-state index in [4.69, 9.17) is 37.9 Å². The summed E-state index contributed by atoms with van der Waals surface area (Å²) in [6.07, 6.45) is -0.327. The first-order valence-electron chi connectivity index (χ1n) is 19.1. The zero-order chi connectivity index (χ0) is 38.1. The summed E-state index contributed by atoms with van der Waals surface area (Å²) < 4.78 is 52.3. The highest BCUT2D eigenvalue weighted by Crippen LogP contribution is 2.39. The average molecular weight is 747 g/mol. The summed E-state index contributed by atoms with van der Waals surface area (Å²) in [5, 5.41) is 0. The number of methoxy groups -OCH3 is 2. The Balaban J connectivity index is 1.37. The molecule has 1 unspecified atom stereocenters. The SMILES string of the molecule is CCCC1OC(COCc2ccc(OC)cc2)(COCc2ccc(OC)cc2)[C@@H](OCc2ccccc2)[C@H](OCc2ccccc2)[C@H]1OCc1ccccc1. The van der Waals surface area contributed by atoms with Gasteiger partial charge in [-0.15, -0.1) is 0 Å². The maximum absolute atomic E-state index is 7.33. The van der Waals surface area contributed by atoms with Crippen LogP contribution in [0.2, 0.25) is 0 Å². The molecule has 0 radical (unpaired) electrons. The van der Waals surface area contributed by atoms with Crippen molar-refractivity contribution in [2.24, 2.45) is 0 Å². The van der Waals surface area contributed by atoms with Crippen molar-refractivity contribution < 1.29 is 37.9 Å². The normalized spacial score (nSPS) is 19.2. The maximum atomic E-state index is 7.33. The predicted octanol–water partition coefficient (Wildman–Crippen LogP) is 9.13. The highest BCUT2D eigenvalue weighted by atomic mass is 16.6. The van der Waals surface area contributed by atoms with Crippen molar-refractivity contribution in [3.05, 3.63) is 167 Å². The lowest BCUT2D eigenvalue weighted by molar-refractivity contribution is -0.322. The molecule has 1 fully saturated rings. The molecule has 6 rings (SSSR count). The van der Waals surface area contributed by atoms with Gasteiger partial charge >= 0.3 is 0 Å². The molecule has 0 N–H and O–H groups in total. The number of hydrogen-bond acceptors (Lipinski definition) is 8. The van der Waals surface area contributed by atoms with Gasteiger partial charge in [-0.3, -0.25) is 0 Å². The van der Waals surface area contributed by atoms with Crippen LogP contribution in [0.5, 0.6) is 11.5 Å². The molecule has 1 aliphatic heterocycles. The number of ether oxygens (including phenoxy) is 8. The summed E-state index contributed by atoms with van der Waals surface area (Å²) in [6, 6.07) is 46.4. The third-order valence-electron chi connectivity index (χ3n) is 9.86. The Kier molecular flexibility index (Phi) is 15.3. The van der Waals surface area contributed by atoms with E-state index in [1.807, 2.05) is 103 Å². The van der Waals surface area contributed by atoms with Gasteiger partial charge in [0.1, 0.15) is 35.4 Å². The molecule has 290 valence electrons. The standard InChI is InChI=1S/C47H54O8/c1-4-14-43-44(52-31-36-15-8-5-9-16-36)45(53-32-37-17-10-6-11-18-37)46(54-33-38-19-12-7-13-20-38)47(55-43,34-50-29-39-21-25-41(48-2)26-22-39)35-51-30-40-23-27-42(49-3)28-24-40/h5-13,15-28,43-46H,4,14,29-35H2,1-3H3/t43?,44-,45+,46-/m0/s1. The third-order valence-corrected chi connectivity index (χ3v) is 9.86. The molecule has 8 heteroatoms. The first-order chi connectivity index (χ1) is 27.1. The monoisotopic (exact) mass is 746 g/mol. The van der Waals surface area contributed by atoms with Crippen LogP contribution < -0.4 is 9.47 Å². The predicted molar refractivity (Wildman–Crippen MR) is 213 cm³/mol. The van der Waals surface area contributed by atoms with Gasteiger partial charge in [0.2, 0.25) is 0 Å². The summed E-state index contributed by atoms with van der Waals surface area (Å²) in [4.78, 5) is 0. The van der Waals surface area contributed by atoms with Crippen molar-refractivity contribution in [3.8, 4) is 11.5 Å². The first-order valence-corrected chi connectivity index (χ1v) is 19.1. The largest absolute Gasteiger partial charge is 0.497 e. The van der Waals surface area contributed by atoms with E-state index in [9.17, 15) is 0 Å². The van der Waals surface area contributed by atoms with Crippen molar-refractivity contribution in [1.29, 1.82) is 0 Å². The molecule has 8 nitrogen and oxygen atoms in total. The summed E-state index contributed by atoms with van der Waals surface area (Å²) in [7, 11) is 3.33. The number of hydrogen-bond donors (Lipinski definition) is 0. The van der Waals surface area contributed by atoms with Crippen LogP contribution >= 0.6 is 0 Å². The molecule has 1 aliphatic rings. The van der Waals surface area contributed by atoms with Crippen LogP contribution in [0.15, 0.2) is 140 Å². The molecular formula is C47H54O8. The summed E-state index contributed by atoms with van der Waals surface area (Å²) >= 11 is 0. The van der Waals surface area contributed by atoms with Crippen molar-refractivity contribution >= 4 is 0 Å². The quantitative estimate of drug-likeness (QED) is 0.0737. The van der Waals surface area contributed by atoms with Gasteiger partial charge in [-0.2, -0.15) is 0 Å². The molecule has 4 atom stereocenters. The van der Waals surface area contributed by atoms with E-state index in [0.717, 1.165) is 52.2 Å². The Morgan fingerprint density at radius 1 is 0.473 bits per heavy atom. The summed E-state index contributed by atoms with van der Waals surface area (Å²) in [5.74, 6) is 1.58. The van der Waals surface area contributed by atoms with Gasteiger partial charge in [0, 0.05) is 0 Å². The van der Waals surface area contributed by atoms with Crippen LogP contribution in [-0.2, 0) is 61.5 Å². The minimum Gasteiger partial charge on any atom is -0.497 e. The second-order valence-corrected chi connectivity index (χ2v) is 13.9. The molecule has 0 spiro atoms. The van der Waals surface area contributed by atoms with E-state index >= 15 is 0 Å². The third kappa shape index (κ3) is 11.5. The van der Waals surface area contributed by atoms with Crippen LogP contribution in [0.4, 0.5) is 0 Å². The van der Waals surface area contributed by atoms with E-state index in [1.54, 1.807) is 14.2 Å². The Morgan fingerprint density at radius 3 is 1.29 bits per heavy atom. The molecule has 0 aliphatic carbocycles. The zero-order valence-electron chi connectivity index (χ0n) is 32.2. The van der Waals surface area contributed by atoms with Gasteiger partial charge in [0.25, 0.3) is 0 Å². The van der Waals surface area contributed by atoms with Crippen LogP contribution in [0.3, 0.4) is 0 Å². The van der Waals surface area contributed by atoms with Gasteiger partial charge in [-0.05, 0) is 58.5 Å². The molecular weight excluding hydrogens is 693 g/mol. The number of rotatable bonds is 21. The Morgan fingerprint density at radius 2 is 0.873 bits per heavy atom. The number of benzene rings is 5. The van der Waals surface area contributed by atoms with Gasteiger partial charge < -0.3 is 37.9 Å². The van der Waals surface area contributed by atoms with Gasteiger partial charge in [0.05, 0.1) is 66.6 Å². The second-order valence-electron chi connectivity index (χ2n) is 13.9. The lowest BCUT2D eigenvalue weighted by Crippen LogP contribution is -2.69. The molecule has 0 amide bonds. The maximum Gasteiger partial charge on any atom is 0.144 e. The minimum atomic E-state index is -1.07. The summed E-state index contributed by atoms with van der Waals surface area (Å²) in [6.45, 7) is 4.38. The van der Waals surface area contributed by atoms with E-state index in [1.165, 1.54) is 0 Å². The molecule has 0 bridgehead atoms. The first kappa shape index (κ1) is 40.1. The smallest absolute Gasteiger partial charge is 0.144 e. The Hall–Kier alpha value is -4.54. The Bertz CT molecular complexity index is 1730. The fourth-order valence-corrected chi connectivity index (χ4v) is 6.95. The molecule has 5 aromatic rings. The van der Waals surface area contributed by atoms with Gasteiger partial charge in [-0.1, -0.05) is 129 Å². The fraction of sp³-hybridized carbons (Fsp3) is 0.362. The molecule has 0 saturated carbocycles. The molecule has 1 saturated heterocycles. The van der Waals surface area contributed by atoms with Crippen molar-refractivity contribution in [3.63, 3.8) is 0 Å². The van der Waals surface area contributed by atoms with E-state index in [0.29, 0.717) is 33.0 Å². The van der Waals surface area contributed by atoms with E-state index in [-0.39, 0.29) is 19.3 Å². The second kappa shape index (κ2) is 20.9. The van der Waals surface area contributed by atoms with Crippen LogP contribution in [0, 0.1) is 0 Å². The molecule has 55 heavy (non-hydrogen) atoms. The highest BCUT2D eigenvalue weighted by Gasteiger charge is 2.57. The summed E-state index contributed by atoms with van der Waals surface area (Å²) in [5.41, 5.74) is 4.12. The molecule has 5 aromatic carbocycles. The fourth-order valence-electron chi connectivity index (χ4n) is 6.95. The van der Waals surface area contributed by atoms with Crippen LogP contribution in [0.25, 0.3) is 0 Å². The topological polar surface area (TPSA) is 73.8 Å². The minimum absolute atomic E-state index is 0.192. The lowest BCUT2D eigenvalue weighted by atomic mass is 9.83. The molecule has 1 heterocycles. The van der Waals surface area contributed by atoms with Crippen LogP contribution in [-0.4, -0.2) is 57.5 Å². The van der Waals surface area contributed by atoms with Gasteiger partial charge in [0.15, 0.2) is 0 Å². The van der Waals surface area contributed by atoms with E-state index in [2.05, 4.69) is 43.3 Å².